The molecule has 5 rings (SSSR count). The van der Waals surface area contributed by atoms with Crippen LogP contribution in [0.3, 0.4) is 0 Å². The molecule has 4 N–H and O–H groups in total. The number of carbonyl (C=O) groups is 3. The van der Waals surface area contributed by atoms with Crippen molar-refractivity contribution in [2.45, 2.75) is 95.3 Å². The second kappa shape index (κ2) is 11.5. The second-order valence-corrected chi connectivity index (χ2v) is 12.9. The van der Waals surface area contributed by atoms with E-state index in [1.54, 1.807) is 6.92 Å². The van der Waals surface area contributed by atoms with E-state index < -0.39 is 22.9 Å². The fourth-order valence-corrected chi connectivity index (χ4v) is 7.52. The number of aliphatic hydroxyl groups is 1. The highest BCUT2D eigenvalue weighted by Crippen LogP contribution is 2.49. The molecule has 2 bridgehead atoms. The maximum Gasteiger partial charge on any atom is 0.309 e. The van der Waals surface area contributed by atoms with Gasteiger partial charge in [0.1, 0.15) is 17.6 Å². The molecule has 0 saturated heterocycles. The Morgan fingerprint density at radius 3 is 2.37 bits per heavy atom. The highest BCUT2D eigenvalue weighted by Gasteiger charge is 2.52. The summed E-state index contributed by atoms with van der Waals surface area (Å²) in [5.41, 5.74) is -1.19. The van der Waals surface area contributed by atoms with Gasteiger partial charge in [-0.1, -0.05) is 12.8 Å². The Bertz CT molecular complexity index is 1230. The monoisotopic (exact) mass is 567 g/mol. The van der Waals surface area contributed by atoms with Crippen LogP contribution in [-0.4, -0.2) is 59.4 Å². The molecule has 0 aromatic heterocycles. The van der Waals surface area contributed by atoms with Crippen LogP contribution >= 0.6 is 0 Å². The molecular weight excluding hydrogens is 526 g/mol. The average Bonchev–Trinajstić information content (AvgIpc) is 3.70. The van der Waals surface area contributed by atoms with Gasteiger partial charge in [-0.15, -0.1) is 0 Å². The minimum Gasteiger partial charge on any atom is -0.496 e. The first-order chi connectivity index (χ1) is 19.6. The van der Waals surface area contributed by atoms with Crippen LogP contribution in [0.2, 0.25) is 0 Å². The van der Waals surface area contributed by atoms with E-state index in [-0.39, 0.29) is 65.0 Å². The van der Waals surface area contributed by atoms with E-state index in [4.69, 9.17) is 9.47 Å². The molecule has 0 unspecified atom stereocenters. The number of carbonyl (C=O) groups excluding carboxylic acids is 2. The number of carboxylic acids is 1. The number of nitrogens with one attached hydrogen (secondary N) is 2. The first-order valence-electron chi connectivity index (χ1n) is 14.9. The number of amides is 2. The first-order valence-corrected chi connectivity index (χ1v) is 14.9. The van der Waals surface area contributed by atoms with Crippen molar-refractivity contribution in [1.82, 2.24) is 10.6 Å². The fraction of sp³-hybridized carbons (Fsp3) is 0.677. The second-order valence-electron chi connectivity index (χ2n) is 12.9. The number of hydrogen-bond donors (Lipinski definition) is 4. The summed E-state index contributed by atoms with van der Waals surface area (Å²) in [6.45, 7) is 1.97. The Kier molecular flexibility index (Phi) is 8.20. The van der Waals surface area contributed by atoms with E-state index >= 15 is 0 Å². The minimum absolute atomic E-state index is 0.121. The fourth-order valence-electron chi connectivity index (χ4n) is 7.52. The van der Waals surface area contributed by atoms with E-state index in [2.05, 4.69) is 16.7 Å². The molecule has 0 radical (unpaired) electrons. The lowest BCUT2D eigenvalue weighted by Gasteiger charge is -2.34. The van der Waals surface area contributed by atoms with Crippen molar-refractivity contribution < 1.29 is 34.1 Å². The molecule has 1 aromatic rings. The van der Waals surface area contributed by atoms with Crippen LogP contribution in [0.1, 0.15) is 93.5 Å². The van der Waals surface area contributed by atoms with Crippen LogP contribution in [0.5, 0.6) is 11.5 Å². The van der Waals surface area contributed by atoms with Gasteiger partial charge in [-0.05, 0) is 82.6 Å². The van der Waals surface area contributed by atoms with Crippen molar-refractivity contribution in [2.24, 2.45) is 23.2 Å². The maximum atomic E-state index is 13.7. The number of nitrogens with zero attached hydrogens (tertiary/aromatic N) is 1. The van der Waals surface area contributed by atoms with Crippen LogP contribution in [0.15, 0.2) is 12.1 Å². The number of fused-ring (bicyclic) bond motifs is 2. The molecule has 4 atom stereocenters. The smallest absolute Gasteiger partial charge is 0.309 e. The summed E-state index contributed by atoms with van der Waals surface area (Å²) in [7, 11) is 1.43. The van der Waals surface area contributed by atoms with Crippen molar-refractivity contribution in [3.8, 4) is 17.6 Å². The largest absolute Gasteiger partial charge is 0.496 e. The molecule has 0 aliphatic heterocycles. The highest BCUT2D eigenvalue weighted by atomic mass is 16.5. The number of hydrogen-bond acceptors (Lipinski definition) is 7. The molecule has 1 aromatic carbocycles. The first kappa shape index (κ1) is 29.2. The Labute approximate surface area is 240 Å². The molecule has 4 fully saturated rings. The van der Waals surface area contributed by atoms with Crippen LogP contribution < -0.4 is 20.1 Å². The topological polar surface area (TPSA) is 158 Å². The maximum absolute atomic E-state index is 13.7. The predicted octanol–water partition coefficient (Wildman–Crippen LogP) is 3.54. The summed E-state index contributed by atoms with van der Waals surface area (Å²) in [4.78, 5) is 38.6. The van der Waals surface area contributed by atoms with E-state index in [0.29, 0.717) is 38.5 Å². The molecule has 10 nitrogen and oxygen atoms in total. The molecule has 222 valence electrons. The van der Waals surface area contributed by atoms with Crippen molar-refractivity contribution in [1.29, 1.82) is 5.26 Å². The van der Waals surface area contributed by atoms with Crippen molar-refractivity contribution in [3.63, 3.8) is 0 Å². The van der Waals surface area contributed by atoms with Gasteiger partial charge in [0.25, 0.3) is 5.91 Å². The Morgan fingerprint density at radius 1 is 1.05 bits per heavy atom. The van der Waals surface area contributed by atoms with Crippen molar-refractivity contribution >= 4 is 17.8 Å². The number of nitriles is 1. The zero-order chi connectivity index (χ0) is 29.4. The van der Waals surface area contributed by atoms with E-state index in [0.717, 1.165) is 32.1 Å². The lowest BCUT2D eigenvalue weighted by Crippen LogP contribution is -2.52. The predicted molar refractivity (Wildman–Crippen MR) is 148 cm³/mol. The van der Waals surface area contributed by atoms with Crippen LogP contribution in [0.4, 0.5) is 0 Å². The Morgan fingerprint density at radius 2 is 1.73 bits per heavy atom. The summed E-state index contributed by atoms with van der Waals surface area (Å²) in [5, 5.41) is 36.1. The lowest BCUT2D eigenvalue weighted by atomic mass is 9.75. The molecule has 4 aliphatic rings. The molecular formula is C31H41N3O7. The van der Waals surface area contributed by atoms with E-state index in [1.807, 2.05) is 0 Å². The SMILES string of the molecule is COc1cc(C#N)c(O[C@H]2CC[C@@](C)(C(=O)O)CC2)cc1C(=O)N[C@@H]1[C@H]2CC[C@H](C2)[C@@H]1C(=O)NCC1(O)CCCC1. The van der Waals surface area contributed by atoms with Crippen LogP contribution in [-0.2, 0) is 9.59 Å². The van der Waals surface area contributed by atoms with Gasteiger partial charge in [-0.3, -0.25) is 14.4 Å². The number of ether oxygens (including phenoxy) is 2. The molecule has 4 aliphatic carbocycles. The highest BCUT2D eigenvalue weighted by molar-refractivity contribution is 5.98. The molecule has 0 spiro atoms. The third-order valence-electron chi connectivity index (χ3n) is 10.2. The number of benzene rings is 1. The van der Waals surface area contributed by atoms with Crippen LogP contribution in [0.25, 0.3) is 0 Å². The molecule has 2 amide bonds. The summed E-state index contributed by atoms with van der Waals surface area (Å²) >= 11 is 0. The van der Waals surface area contributed by atoms with Gasteiger partial charge in [0, 0.05) is 18.7 Å². The molecule has 10 heteroatoms. The van der Waals surface area contributed by atoms with Gasteiger partial charge in [-0.2, -0.15) is 5.26 Å². The molecule has 0 heterocycles. The third kappa shape index (κ3) is 5.87. The lowest BCUT2D eigenvalue weighted by molar-refractivity contribution is -0.150. The van der Waals surface area contributed by atoms with Gasteiger partial charge in [0.05, 0.1) is 41.3 Å². The third-order valence-corrected chi connectivity index (χ3v) is 10.2. The normalized spacial score (nSPS) is 31.7. The van der Waals surface area contributed by atoms with E-state index in [1.165, 1.54) is 19.2 Å². The molecule has 41 heavy (non-hydrogen) atoms. The number of carboxylic acid groups (broad SMARTS) is 1. The van der Waals surface area contributed by atoms with Gasteiger partial charge in [0.15, 0.2) is 0 Å². The standard InChI is InChI=1S/C31H41N3O7/c1-30(29(37)38)11-7-21(8-12-30)41-23-15-22(24(40-2)14-20(23)16-32)27(35)34-26-19-6-5-18(13-19)25(26)28(36)33-17-31(39)9-3-4-10-31/h14-15,18-19,21,25-26,39H,3-13,17H2,1-2H3,(H,33,36)(H,34,35)(H,37,38)/t18-,19+,21-,25+,26-,30+/m1/s1. The minimum atomic E-state index is -0.844. The van der Waals surface area contributed by atoms with Gasteiger partial charge in [0.2, 0.25) is 5.91 Å². The van der Waals surface area contributed by atoms with E-state index in [9.17, 15) is 29.9 Å². The van der Waals surface area contributed by atoms with Gasteiger partial charge in [-0.25, -0.2) is 0 Å². The van der Waals surface area contributed by atoms with Gasteiger partial charge >= 0.3 is 5.97 Å². The summed E-state index contributed by atoms with van der Waals surface area (Å²) in [6, 6.07) is 4.79. The number of rotatable bonds is 9. The summed E-state index contributed by atoms with van der Waals surface area (Å²) < 4.78 is 11.6. The average molecular weight is 568 g/mol. The van der Waals surface area contributed by atoms with Gasteiger partial charge < -0.3 is 30.3 Å². The summed E-state index contributed by atoms with van der Waals surface area (Å²) in [5.74, 6) is -0.830. The summed E-state index contributed by atoms with van der Waals surface area (Å²) in [6.07, 6.45) is 7.76. The zero-order valence-electron chi connectivity index (χ0n) is 23.9. The van der Waals surface area contributed by atoms with Crippen molar-refractivity contribution in [3.05, 3.63) is 23.3 Å². The Balaban J connectivity index is 1.31. The number of aliphatic carboxylic acids is 1. The quantitative estimate of drug-likeness (QED) is 0.353. The molecule has 4 saturated carbocycles. The van der Waals surface area contributed by atoms with Crippen LogP contribution in [0, 0.1) is 34.5 Å². The van der Waals surface area contributed by atoms with Crippen molar-refractivity contribution in [2.75, 3.05) is 13.7 Å². The zero-order valence-corrected chi connectivity index (χ0v) is 23.9. The Hall–Kier alpha value is -3.32. The number of methoxy groups -OCH3 is 1.